The molecular weight excluding hydrogens is 236 g/mol. The summed E-state index contributed by atoms with van der Waals surface area (Å²) in [5.74, 6) is 1.70. The first-order valence-corrected chi connectivity index (χ1v) is 7.20. The SMILES string of the molecule is CC(C)C(C)N(C)Cc1cc(CNC(C)(C)C)co1. The lowest BCUT2D eigenvalue weighted by Gasteiger charge is -2.26. The molecule has 3 heteroatoms. The minimum Gasteiger partial charge on any atom is -0.468 e. The van der Waals surface area contributed by atoms with Crippen molar-refractivity contribution in [1.82, 2.24) is 10.2 Å². The lowest BCUT2D eigenvalue weighted by molar-refractivity contribution is 0.187. The molecule has 0 aliphatic rings. The van der Waals surface area contributed by atoms with Gasteiger partial charge in [0.15, 0.2) is 0 Å². The molecule has 0 bridgehead atoms. The fraction of sp³-hybridized carbons (Fsp3) is 0.750. The minimum atomic E-state index is 0.139. The third-order valence-corrected chi connectivity index (χ3v) is 3.60. The van der Waals surface area contributed by atoms with Crippen molar-refractivity contribution in [3.8, 4) is 0 Å². The van der Waals surface area contributed by atoms with E-state index in [9.17, 15) is 0 Å². The van der Waals surface area contributed by atoms with Crippen LogP contribution in [0.5, 0.6) is 0 Å². The van der Waals surface area contributed by atoms with Crippen LogP contribution in [0.3, 0.4) is 0 Å². The van der Waals surface area contributed by atoms with Gasteiger partial charge in [-0.3, -0.25) is 4.90 Å². The van der Waals surface area contributed by atoms with Crippen LogP contribution >= 0.6 is 0 Å². The van der Waals surface area contributed by atoms with Crippen molar-refractivity contribution in [1.29, 1.82) is 0 Å². The van der Waals surface area contributed by atoms with E-state index in [1.807, 2.05) is 6.26 Å². The maximum atomic E-state index is 5.65. The Balaban J connectivity index is 2.51. The van der Waals surface area contributed by atoms with Crippen molar-refractivity contribution < 1.29 is 4.42 Å². The van der Waals surface area contributed by atoms with Crippen molar-refractivity contribution in [3.05, 3.63) is 23.7 Å². The Labute approximate surface area is 118 Å². The predicted octanol–water partition coefficient (Wildman–Crippen LogP) is 3.64. The summed E-state index contributed by atoms with van der Waals surface area (Å²) >= 11 is 0. The second-order valence-electron chi connectivity index (χ2n) is 6.92. The quantitative estimate of drug-likeness (QED) is 0.852. The van der Waals surface area contributed by atoms with Gasteiger partial charge in [-0.2, -0.15) is 0 Å². The molecule has 19 heavy (non-hydrogen) atoms. The molecule has 1 aromatic heterocycles. The average Bonchev–Trinajstić information content (AvgIpc) is 2.72. The second-order valence-corrected chi connectivity index (χ2v) is 6.92. The van der Waals surface area contributed by atoms with E-state index in [0.717, 1.165) is 18.8 Å². The summed E-state index contributed by atoms with van der Waals surface area (Å²) in [6.45, 7) is 15.0. The second kappa shape index (κ2) is 6.58. The molecule has 1 rings (SSSR count). The predicted molar refractivity (Wildman–Crippen MR) is 81.1 cm³/mol. The molecule has 1 unspecified atom stereocenters. The van der Waals surface area contributed by atoms with Crippen LogP contribution in [0.4, 0.5) is 0 Å². The standard InChI is InChI=1S/C16H30N2O/c1-12(2)13(3)18(7)10-15-8-14(11-19-15)9-17-16(4,5)6/h8,11-13,17H,9-10H2,1-7H3. The number of furan rings is 1. The van der Waals surface area contributed by atoms with Crippen molar-refractivity contribution >= 4 is 0 Å². The topological polar surface area (TPSA) is 28.4 Å². The zero-order valence-electron chi connectivity index (χ0n) is 13.6. The molecular formula is C16H30N2O. The Bertz CT molecular complexity index is 376. The molecule has 0 saturated carbocycles. The first kappa shape index (κ1) is 16.3. The van der Waals surface area contributed by atoms with Gasteiger partial charge in [-0.05, 0) is 46.7 Å². The normalized spacial score (nSPS) is 14.4. The Kier molecular flexibility index (Phi) is 5.63. The summed E-state index contributed by atoms with van der Waals surface area (Å²) in [5.41, 5.74) is 1.36. The molecule has 0 amide bonds. The van der Waals surface area contributed by atoms with E-state index in [-0.39, 0.29) is 5.54 Å². The van der Waals surface area contributed by atoms with Gasteiger partial charge in [-0.15, -0.1) is 0 Å². The molecule has 3 nitrogen and oxygen atoms in total. The van der Waals surface area contributed by atoms with Gasteiger partial charge >= 0.3 is 0 Å². The third-order valence-electron chi connectivity index (χ3n) is 3.60. The molecule has 0 saturated heterocycles. The highest BCUT2D eigenvalue weighted by atomic mass is 16.3. The molecule has 0 aliphatic heterocycles. The maximum Gasteiger partial charge on any atom is 0.118 e. The zero-order valence-corrected chi connectivity index (χ0v) is 13.6. The van der Waals surface area contributed by atoms with E-state index in [1.54, 1.807) is 0 Å². The molecule has 1 N–H and O–H groups in total. The Hall–Kier alpha value is -0.800. The van der Waals surface area contributed by atoms with E-state index in [0.29, 0.717) is 12.0 Å². The van der Waals surface area contributed by atoms with Gasteiger partial charge in [0.05, 0.1) is 12.8 Å². The molecule has 0 radical (unpaired) electrons. The molecule has 1 atom stereocenters. The Morgan fingerprint density at radius 2 is 1.89 bits per heavy atom. The number of hydrogen-bond donors (Lipinski definition) is 1. The van der Waals surface area contributed by atoms with E-state index >= 15 is 0 Å². The van der Waals surface area contributed by atoms with Crippen LogP contribution < -0.4 is 5.32 Å². The molecule has 0 fully saturated rings. The highest BCUT2D eigenvalue weighted by molar-refractivity contribution is 5.13. The van der Waals surface area contributed by atoms with Gasteiger partial charge < -0.3 is 9.73 Å². The van der Waals surface area contributed by atoms with E-state index in [1.165, 1.54) is 5.56 Å². The summed E-state index contributed by atoms with van der Waals surface area (Å²) in [6, 6.07) is 2.71. The van der Waals surface area contributed by atoms with Gasteiger partial charge in [-0.1, -0.05) is 13.8 Å². The van der Waals surface area contributed by atoms with Crippen LogP contribution in [0.1, 0.15) is 52.9 Å². The third kappa shape index (κ3) is 5.79. The number of rotatable bonds is 6. The van der Waals surface area contributed by atoms with Crippen LogP contribution in [-0.4, -0.2) is 23.5 Å². The van der Waals surface area contributed by atoms with Crippen LogP contribution in [-0.2, 0) is 13.1 Å². The fourth-order valence-electron chi connectivity index (χ4n) is 1.87. The zero-order chi connectivity index (χ0) is 14.6. The average molecular weight is 266 g/mol. The van der Waals surface area contributed by atoms with Gasteiger partial charge in [0.2, 0.25) is 0 Å². The monoisotopic (exact) mass is 266 g/mol. The number of nitrogens with one attached hydrogen (secondary N) is 1. The van der Waals surface area contributed by atoms with Crippen LogP contribution in [0.15, 0.2) is 16.7 Å². The number of hydrogen-bond acceptors (Lipinski definition) is 3. The highest BCUT2D eigenvalue weighted by Crippen LogP contribution is 2.15. The Morgan fingerprint density at radius 1 is 1.26 bits per heavy atom. The van der Waals surface area contributed by atoms with Gasteiger partial charge in [0.25, 0.3) is 0 Å². The molecule has 1 heterocycles. The van der Waals surface area contributed by atoms with Crippen molar-refractivity contribution in [2.24, 2.45) is 5.92 Å². The lowest BCUT2D eigenvalue weighted by atomic mass is 10.1. The Morgan fingerprint density at radius 3 is 2.42 bits per heavy atom. The minimum absolute atomic E-state index is 0.139. The molecule has 0 spiro atoms. The molecule has 1 aromatic rings. The van der Waals surface area contributed by atoms with Gasteiger partial charge in [0.1, 0.15) is 5.76 Å². The first-order chi connectivity index (χ1) is 8.69. The van der Waals surface area contributed by atoms with Crippen molar-refractivity contribution in [2.75, 3.05) is 7.05 Å². The molecule has 0 aliphatic carbocycles. The van der Waals surface area contributed by atoms with Crippen LogP contribution in [0.2, 0.25) is 0 Å². The summed E-state index contributed by atoms with van der Waals surface area (Å²) in [4.78, 5) is 2.34. The summed E-state index contributed by atoms with van der Waals surface area (Å²) in [6.07, 6.45) is 1.86. The lowest BCUT2D eigenvalue weighted by Crippen LogP contribution is -2.34. The molecule has 110 valence electrons. The summed E-state index contributed by atoms with van der Waals surface area (Å²) < 4.78 is 5.65. The summed E-state index contributed by atoms with van der Waals surface area (Å²) in [5, 5.41) is 3.47. The van der Waals surface area contributed by atoms with Crippen LogP contribution in [0, 0.1) is 5.92 Å². The smallest absolute Gasteiger partial charge is 0.118 e. The van der Waals surface area contributed by atoms with E-state index in [4.69, 9.17) is 4.42 Å². The number of nitrogens with zero attached hydrogens (tertiary/aromatic N) is 1. The van der Waals surface area contributed by atoms with Crippen molar-refractivity contribution in [2.45, 2.75) is 66.2 Å². The van der Waals surface area contributed by atoms with E-state index in [2.05, 4.69) is 64.9 Å². The molecule has 0 aromatic carbocycles. The van der Waals surface area contributed by atoms with Gasteiger partial charge in [-0.25, -0.2) is 0 Å². The fourth-order valence-corrected chi connectivity index (χ4v) is 1.87. The maximum absolute atomic E-state index is 5.65. The largest absolute Gasteiger partial charge is 0.468 e. The van der Waals surface area contributed by atoms with Gasteiger partial charge in [0, 0.05) is 23.7 Å². The van der Waals surface area contributed by atoms with E-state index < -0.39 is 0 Å². The summed E-state index contributed by atoms with van der Waals surface area (Å²) in [7, 11) is 2.15. The highest BCUT2D eigenvalue weighted by Gasteiger charge is 2.15. The first-order valence-electron chi connectivity index (χ1n) is 7.20. The van der Waals surface area contributed by atoms with Crippen molar-refractivity contribution in [3.63, 3.8) is 0 Å². The van der Waals surface area contributed by atoms with Crippen LogP contribution in [0.25, 0.3) is 0 Å².